The van der Waals surface area contributed by atoms with Crippen LogP contribution in [0.3, 0.4) is 0 Å². The largest absolute Gasteiger partial charge is 0.302 e. The van der Waals surface area contributed by atoms with E-state index >= 15 is 0 Å². The Hall–Kier alpha value is -2.70. The highest BCUT2D eigenvalue weighted by Gasteiger charge is 2.48. The van der Waals surface area contributed by atoms with E-state index in [0.717, 1.165) is 27.8 Å². The number of carbonyl (C=O) groups excluding carboxylic acids is 2. The van der Waals surface area contributed by atoms with Crippen molar-refractivity contribution in [2.75, 3.05) is 33.3 Å². The fourth-order valence-corrected chi connectivity index (χ4v) is 4.28. The Bertz CT molecular complexity index is 887. The molecule has 0 N–H and O–H groups in total. The Morgan fingerprint density at radius 2 is 1.50 bits per heavy atom. The minimum Gasteiger partial charge on any atom is -0.302 e. The molecule has 0 spiro atoms. The van der Waals surface area contributed by atoms with Crippen LogP contribution < -0.4 is 0 Å². The Morgan fingerprint density at radius 1 is 0.893 bits per heavy atom. The number of hydroxylamine groups is 2. The van der Waals surface area contributed by atoms with Gasteiger partial charge in [-0.05, 0) is 36.1 Å². The molecule has 0 atom stereocenters. The van der Waals surface area contributed by atoms with E-state index in [4.69, 9.17) is 4.84 Å². The maximum atomic E-state index is 13.3. The predicted molar refractivity (Wildman–Crippen MR) is 106 cm³/mol. The number of amides is 2. The molecule has 2 aromatic carbocycles. The lowest BCUT2D eigenvalue weighted by Crippen LogP contribution is -2.41. The van der Waals surface area contributed by atoms with Crippen LogP contribution in [0, 0.1) is 13.8 Å². The lowest BCUT2D eigenvalue weighted by Gasteiger charge is -2.23. The van der Waals surface area contributed by atoms with Gasteiger partial charge in [-0.1, -0.05) is 48.0 Å². The van der Waals surface area contributed by atoms with Crippen molar-refractivity contribution in [2.45, 2.75) is 19.8 Å². The zero-order chi connectivity index (χ0) is 19.8. The molecule has 0 unspecified atom stereocenters. The zero-order valence-corrected chi connectivity index (χ0v) is 16.5. The molecule has 4 rings (SSSR count). The number of benzene rings is 2. The lowest BCUT2D eigenvalue weighted by molar-refractivity contribution is -0.145. The minimum absolute atomic E-state index is 0.146. The Balaban J connectivity index is 1.78. The van der Waals surface area contributed by atoms with Crippen LogP contribution in [0.4, 0.5) is 0 Å². The third-order valence-electron chi connectivity index (χ3n) is 5.58. The van der Waals surface area contributed by atoms with E-state index in [2.05, 4.69) is 6.07 Å². The standard InChI is InChI=1S/C22H25N3O3/c1-15-13-16(2)19(18(14-15)17-7-5-4-6-8-17)20-21(26)24-11-9-23(28-3)10-12-25(24)22(20)27/h4-8,13-14,20H,9-12H2,1-3H3. The Morgan fingerprint density at radius 3 is 2.07 bits per heavy atom. The second-order valence-corrected chi connectivity index (χ2v) is 7.38. The number of hydrogen-bond acceptors (Lipinski definition) is 4. The summed E-state index contributed by atoms with van der Waals surface area (Å²) in [7, 11) is 1.61. The van der Waals surface area contributed by atoms with E-state index < -0.39 is 5.92 Å². The third-order valence-corrected chi connectivity index (χ3v) is 5.58. The van der Waals surface area contributed by atoms with Crippen LogP contribution in [0.25, 0.3) is 11.1 Å². The number of aryl methyl sites for hydroxylation is 2. The van der Waals surface area contributed by atoms with Crippen LogP contribution in [0.1, 0.15) is 22.6 Å². The van der Waals surface area contributed by atoms with Crippen LogP contribution in [0.2, 0.25) is 0 Å². The fourth-order valence-electron chi connectivity index (χ4n) is 4.28. The molecule has 6 heteroatoms. The van der Waals surface area contributed by atoms with Gasteiger partial charge >= 0.3 is 0 Å². The average molecular weight is 379 g/mol. The molecule has 0 radical (unpaired) electrons. The molecule has 2 fully saturated rings. The summed E-state index contributed by atoms with van der Waals surface area (Å²) in [6.07, 6.45) is 0. The molecule has 6 nitrogen and oxygen atoms in total. The lowest BCUT2D eigenvalue weighted by atomic mass is 9.85. The molecular weight excluding hydrogens is 354 g/mol. The van der Waals surface area contributed by atoms with Gasteiger partial charge in [-0.3, -0.25) is 9.59 Å². The number of hydrazine groups is 1. The molecule has 2 aliphatic rings. The summed E-state index contributed by atoms with van der Waals surface area (Å²) in [5.41, 5.74) is 4.89. The first-order valence-electron chi connectivity index (χ1n) is 9.59. The van der Waals surface area contributed by atoms with Gasteiger partial charge in [0.2, 0.25) is 0 Å². The summed E-state index contributed by atoms with van der Waals surface area (Å²) < 4.78 is 0. The summed E-state index contributed by atoms with van der Waals surface area (Å²) in [5.74, 6) is -1.08. The summed E-state index contributed by atoms with van der Waals surface area (Å²) in [6, 6.07) is 14.1. The van der Waals surface area contributed by atoms with Crippen LogP contribution in [-0.2, 0) is 14.4 Å². The highest BCUT2D eigenvalue weighted by Crippen LogP contribution is 2.38. The zero-order valence-electron chi connectivity index (χ0n) is 16.5. The summed E-state index contributed by atoms with van der Waals surface area (Å²) >= 11 is 0. The van der Waals surface area contributed by atoms with E-state index in [-0.39, 0.29) is 11.8 Å². The van der Waals surface area contributed by atoms with E-state index in [1.165, 1.54) is 0 Å². The van der Waals surface area contributed by atoms with Gasteiger partial charge in [-0.2, -0.15) is 5.06 Å². The Kier molecular flexibility index (Phi) is 4.91. The van der Waals surface area contributed by atoms with Crippen LogP contribution in [0.5, 0.6) is 0 Å². The van der Waals surface area contributed by atoms with Gasteiger partial charge in [0.25, 0.3) is 11.8 Å². The average Bonchev–Trinajstić information content (AvgIpc) is 2.85. The second kappa shape index (κ2) is 7.37. The fraction of sp³-hybridized carbons (Fsp3) is 0.364. The van der Waals surface area contributed by atoms with Crippen molar-refractivity contribution in [3.05, 3.63) is 59.2 Å². The van der Waals surface area contributed by atoms with Gasteiger partial charge in [-0.25, -0.2) is 10.0 Å². The van der Waals surface area contributed by atoms with Crippen molar-refractivity contribution in [3.8, 4) is 11.1 Å². The van der Waals surface area contributed by atoms with Gasteiger partial charge in [-0.15, -0.1) is 0 Å². The summed E-state index contributed by atoms with van der Waals surface area (Å²) in [4.78, 5) is 31.9. The molecule has 0 bridgehead atoms. The summed E-state index contributed by atoms with van der Waals surface area (Å²) in [6.45, 7) is 6.08. The van der Waals surface area contributed by atoms with Crippen molar-refractivity contribution in [1.29, 1.82) is 0 Å². The van der Waals surface area contributed by atoms with Crippen molar-refractivity contribution >= 4 is 11.8 Å². The Labute approximate surface area is 165 Å². The molecule has 0 aromatic heterocycles. The molecule has 146 valence electrons. The molecule has 0 aliphatic carbocycles. The molecular formula is C22H25N3O3. The summed E-state index contributed by atoms with van der Waals surface area (Å²) in [5, 5.41) is 4.97. The highest BCUT2D eigenvalue weighted by atomic mass is 16.7. The maximum absolute atomic E-state index is 13.3. The molecule has 2 saturated heterocycles. The van der Waals surface area contributed by atoms with E-state index in [1.54, 1.807) is 22.2 Å². The molecule has 2 aromatic rings. The first kappa shape index (κ1) is 18.7. The van der Waals surface area contributed by atoms with E-state index in [0.29, 0.717) is 26.2 Å². The first-order chi connectivity index (χ1) is 13.5. The third kappa shape index (κ3) is 3.08. The van der Waals surface area contributed by atoms with Crippen molar-refractivity contribution in [1.82, 2.24) is 15.1 Å². The molecule has 2 heterocycles. The normalized spacial score (nSPS) is 18.5. The van der Waals surface area contributed by atoms with Gasteiger partial charge in [0, 0.05) is 13.1 Å². The molecule has 0 saturated carbocycles. The monoisotopic (exact) mass is 379 g/mol. The van der Waals surface area contributed by atoms with Gasteiger partial charge in [0.1, 0.15) is 5.92 Å². The maximum Gasteiger partial charge on any atom is 0.258 e. The van der Waals surface area contributed by atoms with Crippen LogP contribution in [0.15, 0.2) is 42.5 Å². The van der Waals surface area contributed by atoms with E-state index in [9.17, 15) is 9.59 Å². The number of hydrogen-bond donors (Lipinski definition) is 0. The smallest absolute Gasteiger partial charge is 0.258 e. The van der Waals surface area contributed by atoms with Crippen molar-refractivity contribution in [3.63, 3.8) is 0 Å². The minimum atomic E-state index is -0.787. The van der Waals surface area contributed by atoms with E-state index in [1.807, 2.05) is 50.2 Å². The van der Waals surface area contributed by atoms with Crippen molar-refractivity contribution in [2.24, 2.45) is 0 Å². The van der Waals surface area contributed by atoms with Gasteiger partial charge < -0.3 is 4.84 Å². The van der Waals surface area contributed by atoms with Crippen LogP contribution >= 0.6 is 0 Å². The molecule has 2 amide bonds. The second-order valence-electron chi connectivity index (χ2n) is 7.38. The highest BCUT2D eigenvalue weighted by molar-refractivity contribution is 6.11. The predicted octanol–water partition coefficient (Wildman–Crippen LogP) is 2.52. The SMILES string of the molecule is CON1CCN2C(=O)C(c3c(C)cc(C)cc3-c3ccccc3)C(=O)N2CC1. The van der Waals surface area contributed by atoms with Gasteiger partial charge in [0.05, 0.1) is 20.2 Å². The number of carbonyl (C=O) groups is 2. The quantitative estimate of drug-likeness (QED) is 0.769. The van der Waals surface area contributed by atoms with Crippen molar-refractivity contribution < 1.29 is 14.4 Å². The first-order valence-corrected chi connectivity index (χ1v) is 9.59. The molecule has 28 heavy (non-hydrogen) atoms. The van der Waals surface area contributed by atoms with Gasteiger partial charge in [0.15, 0.2) is 0 Å². The number of rotatable bonds is 3. The number of fused-ring (bicyclic) bond motifs is 1. The topological polar surface area (TPSA) is 53.1 Å². The molecule has 2 aliphatic heterocycles. The van der Waals surface area contributed by atoms with Crippen LogP contribution in [-0.4, -0.2) is 60.2 Å². The number of nitrogens with zero attached hydrogens (tertiary/aromatic N) is 3.